The molecule has 4 saturated carbocycles. The van der Waals surface area contributed by atoms with Gasteiger partial charge in [0.05, 0.1) is 0 Å². The van der Waals surface area contributed by atoms with Crippen LogP contribution in [0.1, 0.15) is 43.2 Å². The molecule has 0 nitrogen and oxygen atoms in total. The summed E-state index contributed by atoms with van der Waals surface area (Å²) in [6, 6.07) is 61.1. The predicted octanol–water partition coefficient (Wildman–Crippen LogP) is 15.7. The van der Waals surface area contributed by atoms with Gasteiger partial charge in [0.2, 0.25) is 0 Å². The summed E-state index contributed by atoms with van der Waals surface area (Å²) in [4.78, 5) is 0. The van der Waals surface area contributed by atoms with Gasteiger partial charge in [-0.25, -0.2) is 0 Å². The van der Waals surface area contributed by atoms with Crippen LogP contribution >= 0.6 is 11.3 Å². The fraction of sp³-hybridized carbons (Fsp3) is 0.179. The molecule has 0 unspecified atom stereocenters. The first kappa shape index (κ1) is 31.3. The van der Waals surface area contributed by atoms with Gasteiger partial charge in [-0.1, -0.05) is 133 Å². The highest BCUT2D eigenvalue weighted by molar-refractivity contribution is 7.25. The van der Waals surface area contributed by atoms with E-state index in [1.54, 1.807) is 11.1 Å². The van der Waals surface area contributed by atoms with Gasteiger partial charge >= 0.3 is 0 Å². The molecule has 5 aliphatic rings. The van der Waals surface area contributed by atoms with Crippen molar-refractivity contribution in [1.29, 1.82) is 0 Å². The van der Waals surface area contributed by atoms with E-state index in [9.17, 15) is 0 Å². The normalized spacial score (nSPS) is 23.2. The molecule has 1 aromatic heterocycles. The first-order valence-corrected chi connectivity index (χ1v) is 22.0. The molecule has 10 aromatic rings. The Balaban J connectivity index is 1.15. The van der Waals surface area contributed by atoms with Crippen LogP contribution in [0.15, 0.2) is 158 Å². The van der Waals surface area contributed by atoms with Crippen LogP contribution in [-0.4, -0.2) is 0 Å². The van der Waals surface area contributed by atoms with Gasteiger partial charge in [-0.3, -0.25) is 0 Å². The van der Waals surface area contributed by atoms with Gasteiger partial charge in [0, 0.05) is 25.6 Å². The van der Waals surface area contributed by atoms with Gasteiger partial charge in [0.25, 0.3) is 0 Å². The number of hydrogen-bond donors (Lipinski definition) is 0. The van der Waals surface area contributed by atoms with E-state index in [1.807, 2.05) is 11.3 Å². The SMILES string of the molecule is c1ccc2c3c(ccc2c1)C1(c2c(-c4c5ccccc5c(-c5ccc6sc7ccccc7c6c5)c5ccccc45)cc4ccccc4c2-3)C2CC3CC(C2)CC1C3. The molecule has 1 spiro atoms. The Labute approximate surface area is 336 Å². The Morgan fingerprint density at radius 2 is 0.930 bits per heavy atom. The first-order chi connectivity index (χ1) is 28.2. The second-order valence-corrected chi connectivity index (χ2v) is 19.0. The van der Waals surface area contributed by atoms with E-state index in [0.717, 1.165) is 11.8 Å². The Bertz CT molecular complexity index is 3290. The zero-order valence-electron chi connectivity index (χ0n) is 31.8. The Morgan fingerprint density at radius 3 is 1.61 bits per heavy atom. The van der Waals surface area contributed by atoms with Crippen LogP contribution in [-0.2, 0) is 5.41 Å². The zero-order valence-corrected chi connectivity index (χ0v) is 32.6. The van der Waals surface area contributed by atoms with Crippen LogP contribution in [0.3, 0.4) is 0 Å². The fourth-order valence-corrected chi connectivity index (χ4v) is 14.7. The minimum atomic E-state index is 0.00734. The van der Waals surface area contributed by atoms with E-state index < -0.39 is 0 Å². The molecular weight excluding hydrogens is 705 g/mol. The maximum atomic E-state index is 2.63. The van der Waals surface area contributed by atoms with Gasteiger partial charge in [0.15, 0.2) is 0 Å². The summed E-state index contributed by atoms with van der Waals surface area (Å²) < 4.78 is 2.71. The fourth-order valence-electron chi connectivity index (χ4n) is 13.6. The largest absolute Gasteiger partial charge is 0.135 e. The van der Waals surface area contributed by atoms with Gasteiger partial charge in [-0.2, -0.15) is 0 Å². The Morgan fingerprint density at radius 1 is 0.386 bits per heavy atom. The summed E-state index contributed by atoms with van der Waals surface area (Å²) in [5.74, 6) is 3.10. The molecule has 0 atom stereocenters. The van der Waals surface area contributed by atoms with Crippen molar-refractivity contribution < 1.29 is 0 Å². The molecule has 15 rings (SSSR count). The first-order valence-electron chi connectivity index (χ1n) is 21.2. The summed E-state index contributed by atoms with van der Waals surface area (Å²) in [6.07, 6.45) is 6.92. The summed E-state index contributed by atoms with van der Waals surface area (Å²) in [5, 5.41) is 13.6. The number of thiophene rings is 1. The highest BCUT2D eigenvalue weighted by Gasteiger charge is 2.62. The molecule has 0 amide bonds. The van der Waals surface area contributed by atoms with Crippen LogP contribution in [0.5, 0.6) is 0 Å². The summed E-state index contributed by atoms with van der Waals surface area (Å²) in [7, 11) is 0. The van der Waals surface area contributed by atoms with Gasteiger partial charge < -0.3 is 0 Å². The molecule has 57 heavy (non-hydrogen) atoms. The third-order valence-electron chi connectivity index (χ3n) is 15.4. The smallest absolute Gasteiger partial charge is 0.0355 e. The quantitative estimate of drug-likeness (QED) is 0.155. The lowest BCUT2D eigenvalue weighted by Crippen LogP contribution is -2.55. The Hall–Kier alpha value is -5.76. The van der Waals surface area contributed by atoms with Gasteiger partial charge in [-0.05, 0) is 168 Å². The second-order valence-electron chi connectivity index (χ2n) is 17.9. The molecule has 0 aliphatic heterocycles. The van der Waals surface area contributed by atoms with Crippen molar-refractivity contribution in [3.63, 3.8) is 0 Å². The number of rotatable bonds is 2. The van der Waals surface area contributed by atoms with Gasteiger partial charge in [-0.15, -0.1) is 11.3 Å². The van der Waals surface area contributed by atoms with E-state index in [0.29, 0.717) is 11.8 Å². The predicted molar refractivity (Wildman–Crippen MR) is 243 cm³/mol. The maximum absolute atomic E-state index is 2.63. The number of fused-ring (bicyclic) bond motifs is 12. The molecule has 0 N–H and O–H groups in total. The van der Waals surface area contributed by atoms with Crippen molar-refractivity contribution in [3.8, 4) is 33.4 Å². The lowest BCUT2D eigenvalue weighted by atomic mass is 9.42. The zero-order chi connectivity index (χ0) is 37.0. The van der Waals surface area contributed by atoms with E-state index in [1.165, 1.54) is 129 Å². The van der Waals surface area contributed by atoms with Crippen molar-refractivity contribution in [3.05, 3.63) is 169 Å². The lowest BCUT2D eigenvalue weighted by Gasteiger charge is -2.61. The van der Waals surface area contributed by atoms with E-state index in [4.69, 9.17) is 0 Å². The van der Waals surface area contributed by atoms with E-state index >= 15 is 0 Å². The number of hydrogen-bond acceptors (Lipinski definition) is 1. The highest BCUT2D eigenvalue weighted by Crippen LogP contribution is 2.72. The van der Waals surface area contributed by atoms with E-state index in [-0.39, 0.29) is 5.41 Å². The highest BCUT2D eigenvalue weighted by atomic mass is 32.1. The molecule has 1 heteroatoms. The minimum absolute atomic E-state index is 0.00734. The third-order valence-corrected chi connectivity index (χ3v) is 16.5. The summed E-state index contributed by atoms with van der Waals surface area (Å²) >= 11 is 1.90. The second kappa shape index (κ2) is 11.2. The standard InChI is InChI=1S/C56H40S/c1-3-13-39-34(11-1)21-23-48-53(39)54-40-14-4-2-12-35(40)30-47(55(54)56(48)37-26-32-25-33(28-37)29-38(56)27-32)52-44-18-7-5-16-42(44)51(43-17-6-8-19-45(43)52)36-22-24-50-46(31-36)41-15-9-10-20-49(41)57-50/h1-24,30-33,37-38H,25-29H2. The van der Waals surface area contributed by atoms with Crippen LogP contribution in [0.4, 0.5) is 0 Å². The molecule has 270 valence electrons. The molecule has 4 fully saturated rings. The molecular formula is C56H40S. The van der Waals surface area contributed by atoms with Crippen LogP contribution in [0.2, 0.25) is 0 Å². The van der Waals surface area contributed by atoms with Crippen molar-refractivity contribution in [2.45, 2.75) is 37.5 Å². The van der Waals surface area contributed by atoms with Gasteiger partial charge in [0.1, 0.15) is 0 Å². The lowest BCUT2D eigenvalue weighted by molar-refractivity contribution is -0.0396. The maximum Gasteiger partial charge on any atom is 0.0355 e. The number of benzene rings is 9. The minimum Gasteiger partial charge on any atom is -0.135 e. The summed E-state index contributed by atoms with van der Waals surface area (Å²) in [6.45, 7) is 0. The van der Waals surface area contributed by atoms with Crippen molar-refractivity contribution in [2.75, 3.05) is 0 Å². The van der Waals surface area contributed by atoms with Crippen LogP contribution < -0.4 is 0 Å². The van der Waals surface area contributed by atoms with E-state index in [2.05, 4.69) is 158 Å². The Kier molecular flexibility index (Phi) is 6.16. The summed E-state index contributed by atoms with van der Waals surface area (Å²) in [5.41, 5.74) is 11.9. The van der Waals surface area contributed by atoms with Crippen LogP contribution in [0.25, 0.3) is 96.6 Å². The third kappa shape index (κ3) is 3.99. The topological polar surface area (TPSA) is 0 Å². The van der Waals surface area contributed by atoms with Crippen molar-refractivity contribution >= 4 is 74.6 Å². The van der Waals surface area contributed by atoms with Crippen molar-refractivity contribution in [1.82, 2.24) is 0 Å². The molecule has 5 aliphatic carbocycles. The average Bonchev–Trinajstić information content (AvgIpc) is 3.78. The van der Waals surface area contributed by atoms with Crippen molar-refractivity contribution in [2.24, 2.45) is 23.7 Å². The molecule has 0 radical (unpaired) electrons. The average molecular weight is 745 g/mol. The van der Waals surface area contributed by atoms with Crippen LogP contribution in [0, 0.1) is 23.7 Å². The molecule has 0 saturated heterocycles. The monoisotopic (exact) mass is 744 g/mol. The molecule has 4 bridgehead atoms. The molecule has 1 heterocycles. The molecule has 9 aromatic carbocycles.